The lowest BCUT2D eigenvalue weighted by Crippen LogP contribution is -2.51. The molecule has 39 heavy (non-hydrogen) atoms. The molecule has 2 amide bonds. The highest BCUT2D eigenvalue weighted by Crippen LogP contribution is 2.58. The van der Waals surface area contributed by atoms with E-state index in [-0.39, 0.29) is 11.1 Å². The van der Waals surface area contributed by atoms with E-state index in [1.165, 1.54) is 4.90 Å². The third kappa shape index (κ3) is 3.06. The van der Waals surface area contributed by atoms with Gasteiger partial charge in [-0.2, -0.15) is 0 Å². The number of amides is 2. The highest BCUT2D eigenvalue weighted by Gasteiger charge is 2.74. The summed E-state index contributed by atoms with van der Waals surface area (Å²) in [5.74, 6) is -4.16. The number of ether oxygens (including phenoxy) is 1. The van der Waals surface area contributed by atoms with Gasteiger partial charge in [-0.05, 0) is 28.5 Å². The number of rotatable bonds is 3. The fourth-order valence-corrected chi connectivity index (χ4v) is 6.53. The van der Waals surface area contributed by atoms with Crippen molar-refractivity contribution in [1.29, 1.82) is 0 Å². The second-order valence-corrected chi connectivity index (χ2v) is 10.8. The van der Waals surface area contributed by atoms with Crippen molar-refractivity contribution in [2.45, 2.75) is 31.5 Å². The molecule has 0 aromatic heterocycles. The van der Waals surface area contributed by atoms with E-state index in [9.17, 15) is 19.2 Å². The second kappa shape index (κ2) is 8.29. The number of carbonyl (C=O) groups excluding carboxylic acids is 4. The van der Waals surface area contributed by atoms with Crippen LogP contribution >= 0.6 is 0 Å². The average Bonchev–Trinajstić information content (AvgIpc) is 3.52. The van der Waals surface area contributed by atoms with Crippen LogP contribution in [0.3, 0.4) is 0 Å². The van der Waals surface area contributed by atoms with E-state index in [0.717, 1.165) is 16.3 Å². The van der Waals surface area contributed by atoms with Gasteiger partial charge in [-0.25, -0.2) is 4.90 Å². The summed E-state index contributed by atoms with van der Waals surface area (Å²) in [7, 11) is 0. The number of hydrogen-bond acceptors (Lipinski definition) is 5. The first kappa shape index (κ1) is 23.7. The van der Waals surface area contributed by atoms with E-state index in [1.54, 1.807) is 36.4 Å². The van der Waals surface area contributed by atoms with Crippen LogP contribution in [0.25, 0.3) is 10.8 Å². The van der Waals surface area contributed by atoms with E-state index in [2.05, 4.69) is 13.8 Å². The van der Waals surface area contributed by atoms with Crippen LogP contribution in [0.4, 0.5) is 5.69 Å². The number of fused-ring (bicyclic) bond motifs is 4. The normalized spacial score (nSPS) is 23.4. The zero-order valence-corrected chi connectivity index (χ0v) is 21.5. The van der Waals surface area contributed by atoms with Crippen LogP contribution in [0, 0.1) is 11.8 Å². The molecule has 0 bridgehead atoms. The van der Waals surface area contributed by atoms with Gasteiger partial charge < -0.3 is 4.74 Å². The van der Waals surface area contributed by atoms with E-state index < -0.39 is 46.9 Å². The molecule has 0 N–H and O–H groups in total. The SMILES string of the molecule is CC(C)c1ccc(C2OC3(C(=O)c4ccccc4C3=O)C3C(=O)N(c4cccc5ccccc45)C(=O)C23)cc1. The Morgan fingerprint density at radius 3 is 2.00 bits per heavy atom. The molecule has 4 aromatic rings. The van der Waals surface area contributed by atoms with Crippen LogP contribution in [-0.4, -0.2) is 29.0 Å². The Balaban J connectivity index is 1.42. The summed E-state index contributed by atoms with van der Waals surface area (Å²) in [6, 6.07) is 27.1. The van der Waals surface area contributed by atoms with Crippen molar-refractivity contribution >= 4 is 39.8 Å². The average molecular weight is 516 g/mol. The topological polar surface area (TPSA) is 80.8 Å². The largest absolute Gasteiger partial charge is 0.349 e. The monoisotopic (exact) mass is 515 g/mol. The fraction of sp³-hybridized carbons (Fsp3) is 0.212. The van der Waals surface area contributed by atoms with E-state index in [1.807, 2.05) is 54.6 Å². The Morgan fingerprint density at radius 1 is 0.718 bits per heavy atom. The van der Waals surface area contributed by atoms with Crippen LogP contribution in [0.15, 0.2) is 91.0 Å². The van der Waals surface area contributed by atoms with Crippen LogP contribution in [-0.2, 0) is 14.3 Å². The Morgan fingerprint density at radius 2 is 1.33 bits per heavy atom. The number of anilines is 1. The van der Waals surface area contributed by atoms with Crippen LogP contribution < -0.4 is 4.90 Å². The molecule has 2 heterocycles. The first-order valence-corrected chi connectivity index (χ1v) is 13.2. The molecule has 192 valence electrons. The van der Waals surface area contributed by atoms with E-state index in [0.29, 0.717) is 17.2 Å². The first-order chi connectivity index (χ1) is 18.8. The minimum Gasteiger partial charge on any atom is -0.349 e. The predicted molar refractivity (Wildman–Crippen MR) is 146 cm³/mol. The first-order valence-electron chi connectivity index (χ1n) is 13.2. The standard InChI is InChI=1S/C33H25NO5/c1-18(2)19-14-16-21(17-15-19)28-26-27(33(39-28)29(35)23-11-5-6-12-24(23)30(33)36)32(38)34(31(26)37)25-13-7-9-20-8-3-4-10-22(20)25/h3-18,26-28H,1-2H3. The van der Waals surface area contributed by atoms with Gasteiger partial charge in [-0.3, -0.25) is 19.2 Å². The number of ketones is 2. The summed E-state index contributed by atoms with van der Waals surface area (Å²) in [5, 5.41) is 1.61. The van der Waals surface area contributed by atoms with Crippen molar-refractivity contribution in [1.82, 2.24) is 0 Å². The summed E-state index contributed by atoms with van der Waals surface area (Å²) in [6.07, 6.45) is -0.935. The van der Waals surface area contributed by atoms with Crippen molar-refractivity contribution in [2.75, 3.05) is 4.90 Å². The van der Waals surface area contributed by atoms with Gasteiger partial charge in [0.1, 0.15) is 0 Å². The molecule has 0 saturated carbocycles. The van der Waals surface area contributed by atoms with Gasteiger partial charge in [0, 0.05) is 16.5 Å². The smallest absolute Gasteiger partial charge is 0.241 e. The zero-order chi connectivity index (χ0) is 27.1. The van der Waals surface area contributed by atoms with Crippen molar-refractivity contribution in [3.63, 3.8) is 0 Å². The summed E-state index contributed by atoms with van der Waals surface area (Å²) >= 11 is 0. The molecule has 2 aliphatic heterocycles. The number of carbonyl (C=O) groups is 4. The minimum atomic E-state index is -2.08. The molecule has 3 unspecified atom stereocenters. The second-order valence-electron chi connectivity index (χ2n) is 10.8. The van der Waals surface area contributed by atoms with E-state index >= 15 is 0 Å². The highest BCUT2D eigenvalue weighted by molar-refractivity contribution is 6.37. The number of Topliss-reactive ketones (excluding diaryl/α,β-unsaturated/α-hetero) is 2. The lowest BCUT2D eigenvalue weighted by atomic mass is 9.77. The van der Waals surface area contributed by atoms with Gasteiger partial charge in [0.2, 0.25) is 29.0 Å². The lowest BCUT2D eigenvalue weighted by Gasteiger charge is -2.27. The molecule has 3 aliphatic rings. The predicted octanol–water partition coefficient (Wildman–Crippen LogP) is 5.66. The summed E-state index contributed by atoms with van der Waals surface area (Å²) in [5.41, 5.74) is 0.569. The van der Waals surface area contributed by atoms with Gasteiger partial charge in [-0.1, -0.05) is 98.8 Å². The molecule has 6 heteroatoms. The van der Waals surface area contributed by atoms with Crippen molar-refractivity contribution in [3.05, 3.63) is 113 Å². The Hall–Kier alpha value is -4.42. The maximum absolute atomic E-state index is 14.3. The summed E-state index contributed by atoms with van der Waals surface area (Å²) in [4.78, 5) is 57.6. The van der Waals surface area contributed by atoms with Crippen LogP contribution in [0.1, 0.15) is 57.7 Å². The molecule has 1 spiro atoms. The Kier molecular flexibility index (Phi) is 5.03. The lowest BCUT2D eigenvalue weighted by molar-refractivity contribution is -0.127. The van der Waals surface area contributed by atoms with Crippen LogP contribution in [0.5, 0.6) is 0 Å². The highest BCUT2D eigenvalue weighted by atomic mass is 16.5. The molecular formula is C33H25NO5. The van der Waals surface area contributed by atoms with Crippen molar-refractivity contribution in [3.8, 4) is 0 Å². The number of benzene rings is 4. The third-order valence-electron chi connectivity index (χ3n) is 8.46. The van der Waals surface area contributed by atoms with Gasteiger partial charge in [0.15, 0.2) is 0 Å². The summed E-state index contributed by atoms with van der Waals surface area (Å²) < 4.78 is 6.42. The molecular weight excluding hydrogens is 490 g/mol. The van der Waals surface area contributed by atoms with E-state index in [4.69, 9.17) is 4.74 Å². The Bertz CT molecular complexity index is 1680. The molecule has 6 nitrogen and oxygen atoms in total. The zero-order valence-electron chi connectivity index (χ0n) is 21.5. The van der Waals surface area contributed by atoms with Crippen molar-refractivity contribution < 1.29 is 23.9 Å². The van der Waals surface area contributed by atoms with Crippen LogP contribution in [0.2, 0.25) is 0 Å². The molecule has 2 fully saturated rings. The number of nitrogens with zero attached hydrogens (tertiary/aromatic N) is 1. The maximum Gasteiger partial charge on any atom is 0.241 e. The molecule has 1 aliphatic carbocycles. The van der Waals surface area contributed by atoms with Crippen molar-refractivity contribution in [2.24, 2.45) is 11.8 Å². The molecule has 3 atom stereocenters. The molecule has 4 aromatic carbocycles. The Labute approximate surface area is 225 Å². The van der Waals surface area contributed by atoms with Gasteiger partial charge in [0.25, 0.3) is 0 Å². The quantitative estimate of drug-likeness (QED) is 0.260. The molecule has 7 rings (SSSR count). The third-order valence-corrected chi connectivity index (χ3v) is 8.46. The molecule has 2 saturated heterocycles. The fourth-order valence-electron chi connectivity index (χ4n) is 6.53. The summed E-state index contributed by atoms with van der Waals surface area (Å²) in [6.45, 7) is 4.17. The number of imide groups is 1. The van der Waals surface area contributed by atoms with Gasteiger partial charge >= 0.3 is 0 Å². The number of hydrogen-bond donors (Lipinski definition) is 0. The minimum absolute atomic E-state index is 0.223. The molecule has 0 radical (unpaired) electrons. The maximum atomic E-state index is 14.3. The van der Waals surface area contributed by atoms with Gasteiger partial charge in [0.05, 0.1) is 23.6 Å². The van der Waals surface area contributed by atoms with Gasteiger partial charge in [-0.15, -0.1) is 0 Å².